The third kappa shape index (κ3) is 5.73. The van der Waals surface area contributed by atoms with Gasteiger partial charge in [-0.25, -0.2) is 0 Å². The van der Waals surface area contributed by atoms with Crippen molar-refractivity contribution in [1.29, 1.82) is 0 Å². The smallest absolute Gasteiger partial charge is 0.311 e. The number of carbonyl (C=O) groups excluding carboxylic acids is 2. The number of amides is 1. The van der Waals surface area contributed by atoms with Gasteiger partial charge in [0.2, 0.25) is 0 Å². The summed E-state index contributed by atoms with van der Waals surface area (Å²) in [6.07, 6.45) is 1.12. The summed E-state index contributed by atoms with van der Waals surface area (Å²) in [6, 6.07) is 17.4. The van der Waals surface area contributed by atoms with Gasteiger partial charge >= 0.3 is 5.97 Å². The van der Waals surface area contributed by atoms with Crippen molar-refractivity contribution in [3.63, 3.8) is 0 Å². The van der Waals surface area contributed by atoms with Gasteiger partial charge in [-0.3, -0.25) is 9.59 Å². The molecule has 0 saturated heterocycles. The Bertz CT molecular complexity index is 727. The van der Waals surface area contributed by atoms with Gasteiger partial charge in [-0.1, -0.05) is 67.9 Å². The van der Waals surface area contributed by atoms with Gasteiger partial charge in [0.15, 0.2) is 6.10 Å². The molecule has 2 aromatic carbocycles. The topological polar surface area (TPSA) is 55.4 Å². The molecule has 1 N–H and O–H groups in total. The molecule has 0 saturated carbocycles. The van der Waals surface area contributed by atoms with E-state index in [1.807, 2.05) is 61.5 Å². The molecule has 4 heteroatoms. The molecule has 2 unspecified atom stereocenters. The minimum Gasteiger partial charge on any atom is -0.452 e. The Hall–Kier alpha value is -2.62. The second-order valence-corrected chi connectivity index (χ2v) is 6.50. The lowest BCUT2D eigenvalue weighted by atomic mass is 10.0. The minimum atomic E-state index is -0.824. The Labute approximate surface area is 155 Å². The molecule has 4 nitrogen and oxygen atoms in total. The zero-order valence-corrected chi connectivity index (χ0v) is 15.7. The average Bonchev–Trinajstić information content (AvgIpc) is 2.64. The van der Waals surface area contributed by atoms with Crippen LogP contribution in [0.1, 0.15) is 49.4 Å². The van der Waals surface area contributed by atoms with E-state index in [1.54, 1.807) is 6.92 Å². The molecule has 0 fully saturated rings. The van der Waals surface area contributed by atoms with E-state index >= 15 is 0 Å². The normalized spacial score (nSPS) is 12.9. The van der Waals surface area contributed by atoms with Crippen LogP contribution < -0.4 is 5.32 Å². The van der Waals surface area contributed by atoms with Crippen LogP contribution in [0.2, 0.25) is 0 Å². The average molecular weight is 353 g/mol. The lowest BCUT2D eigenvalue weighted by Gasteiger charge is -2.21. The first kappa shape index (κ1) is 19.7. The molecule has 0 aromatic heterocycles. The van der Waals surface area contributed by atoms with Crippen molar-refractivity contribution >= 4 is 11.9 Å². The van der Waals surface area contributed by atoms with E-state index in [4.69, 9.17) is 4.74 Å². The first-order valence-corrected chi connectivity index (χ1v) is 9.10. The predicted molar refractivity (Wildman–Crippen MR) is 103 cm³/mol. The Kier molecular flexibility index (Phi) is 7.39. The van der Waals surface area contributed by atoms with Gasteiger partial charge in [0.05, 0.1) is 12.5 Å². The zero-order valence-electron chi connectivity index (χ0n) is 15.7. The van der Waals surface area contributed by atoms with Gasteiger partial charge in [0.25, 0.3) is 5.91 Å². The summed E-state index contributed by atoms with van der Waals surface area (Å²) in [5.41, 5.74) is 3.01. The molecule has 0 spiro atoms. The Morgan fingerprint density at radius 3 is 2.35 bits per heavy atom. The van der Waals surface area contributed by atoms with Gasteiger partial charge in [0, 0.05) is 0 Å². The summed E-state index contributed by atoms with van der Waals surface area (Å²) < 4.78 is 5.34. The number of carbonyl (C=O) groups is 2. The van der Waals surface area contributed by atoms with E-state index < -0.39 is 12.1 Å². The van der Waals surface area contributed by atoms with Crippen LogP contribution in [0.4, 0.5) is 0 Å². The SMILES string of the molecule is CCCC(NC(=O)C(C)OC(=O)Cc1ccccc1C)c1ccccc1. The van der Waals surface area contributed by atoms with Crippen LogP contribution in [0.5, 0.6) is 0 Å². The highest BCUT2D eigenvalue weighted by Crippen LogP contribution is 2.18. The van der Waals surface area contributed by atoms with Crippen LogP contribution in [-0.2, 0) is 20.7 Å². The molecule has 2 atom stereocenters. The summed E-state index contributed by atoms with van der Waals surface area (Å²) >= 11 is 0. The number of hydrogen-bond acceptors (Lipinski definition) is 3. The molecule has 138 valence electrons. The summed E-state index contributed by atoms with van der Waals surface area (Å²) in [7, 11) is 0. The van der Waals surface area contributed by atoms with Crippen molar-refractivity contribution in [2.24, 2.45) is 0 Å². The predicted octanol–water partition coefficient (Wildman–Crippen LogP) is 4.13. The molecule has 0 aliphatic heterocycles. The second kappa shape index (κ2) is 9.76. The first-order chi connectivity index (χ1) is 12.5. The summed E-state index contributed by atoms with van der Waals surface area (Å²) in [6.45, 7) is 5.64. The largest absolute Gasteiger partial charge is 0.452 e. The molecule has 0 bridgehead atoms. The standard InChI is InChI=1S/C22H27NO3/c1-4-10-20(18-12-6-5-7-13-18)23-22(25)17(3)26-21(24)15-19-14-9-8-11-16(19)2/h5-9,11-14,17,20H,4,10,15H2,1-3H3,(H,23,25). The molecule has 2 aromatic rings. The summed E-state index contributed by atoms with van der Waals surface area (Å²) in [5.74, 6) is -0.667. The van der Waals surface area contributed by atoms with Gasteiger partial charge in [-0.2, -0.15) is 0 Å². The maximum absolute atomic E-state index is 12.5. The lowest BCUT2D eigenvalue weighted by Crippen LogP contribution is -2.38. The van der Waals surface area contributed by atoms with Crippen molar-refractivity contribution in [3.05, 3.63) is 71.3 Å². The Morgan fingerprint density at radius 1 is 1.04 bits per heavy atom. The fraction of sp³-hybridized carbons (Fsp3) is 0.364. The zero-order chi connectivity index (χ0) is 18.9. The van der Waals surface area contributed by atoms with Crippen molar-refractivity contribution < 1.29 is 14.3 Å². The molecule has 1 amide bonds. The fourth-order valence-corrected chi connectivity index (χ4v) is 2.84. The van der Waals surface area contributed by atoms with Gasteiger partial charge in [-0.05, 0) is 37.0 Å². The molecule has 26 heavy (non-hydrogen) atoms. The third-order valence-corrected chi connectivity index (χ3v) is 4.37. The van der Waals surface area contributed by atoms with Crippen LogP contribution in [0.25, 0.3) is 0 Å². The van der Waals surface area contributed by atoms with E-state index in [0.29, 0.717) is 0 Å². The van der Waals surface area contributed by atoms with Gasteiger partial charge < -0.3 is 10.1 Å². The summed E-state index contributed by atoms with van der Waals surface area (Å²) in [4.78, 5) is 24.6. The van der Waals surface area contributed by atoms with Gasteiger partial charge in [-0.15, -0.1) is 0 Å². The maximum atomic E-state index is 12.5. The van der Waals surface area contributed by atoms with Crippen LogP contribution >= 0.6 is 0 Å². The second-order valence-electron chi connectivity index (χ2n) is 6.50. The number of aryl methyl sites for hydroxylation is 1. The van der Waals surface area contributed by atoms with Crippen LogP contribution in [0, 0.1) is 6.92 Å². The van der Waals surface area contributed by atoms with Crippen molar-refractivity contribution in [2.45, 2.75) is 52.2 Å². The minimum absolute atomic E-state index is 0.0776. The Morgan fingerprint density at radius 2 is 1.69 bits per heavy atom. The molecule has 2 rings (SSSR count). The molecule has 0 aliphatic rings. The number of nitrogens with one attached hydrogen (secondary N) is 1. The molecule has 0 heterocycles. The quantitative estimate of drug-likeness (QED) is 0.726. The van der Waals surface area contributed by atoms with E-state index in [0.717, 1.165) is 29.5 Å². The highest BCUT2D eigenvalue weighted by molar-refractivity contribution is 5.84. The number of esters is 1. The van der Waals surface area contributed by atoms with Crippen molar-refractivity contribution in [2.75, 3.05) is 0 Å². The Balaban J connectivity index is 1.93. The number of hydrogen-bond donors (Lipinski definition) is 1. The maximum Gasteiger partial charge on any atom is 0.311 e. The van der Waals surface area contributed by atoms with E-state index in [1.165, 1.54) is 0 Å². The molecular formula is C22H27NO3. The van der Waals surface area contributed by atoms with Crippen molar-refractivity contribution in [1.82, 2.24) is 5.32 Å². The summed E-state index contributed by atoms with van der Waals surface area (Å²) in [5, 5.41) is 3.00. The van der Waals surface area contributed by atoms with Crippen LogP contribution in [-0.4, -0.2) is 18.0 Å². The number of benzene rings is 2. The highest BCUT2D eigenvalue weighted by Gasteiger charge is 2.21. The van der Waals surface area contributed by atoms with Crippen molar-refractivity contribution in [3.8, 4) is 0 Å². The third-order valence-electron chi connectivity index (χ3n) is 4.37. The number of rotatable bonds is 8. The highest BCUT2D eigenvalue weighted by atomic mass is 16.5. The molecule has 0 aliphatic carbocycles. The van der Waals surface area contributed by atoms with Crippen LogP contribution in [0.3, 0.4) is 0 Å². The van der Waals surface area contributed by atoms with E-state index in [-0.39, 0.29) is 18.4 Å². The number of ether oxygens (including phenoxy) is 1. The molecular weight excluding hydrogens is 326 g/mol. The van der Waals surface area contributed by atoms with E-state index in [9.17, 15) is 9.59 Å². The monoisotopic (exact) mass is 353 g/mol. The fourth-order valence-electron chi connectivity index (χ4n) is 2.84. The molecule has 0 radical (unpaired) electrons. The van der Waals surface area contributed by atoms with Crippen LogP contribution in [0.15, 0.2) is 54.6 Å². The lowest BCUT2D eigenvalue weighted by molar-refractivity contribution is -0.154. The van der Waals surface area contributed by atoms with Gasteiger partial charge in [0.1, 0.15) is 0 Å². The first-order valence-electron chi connectivity index (χ1n) is 9.10. The van der Waals surface area contributed by atoms with E-state index in [2.05, 4.69) is 12.2 Å².